The molecule has 4 heteroatoms. The maximum absolute atomic E-state index is 10.9. The fourth-order valence-corrected chi connectivity index (χ4v) is 1.40. The number of carbonyl (C=O) groups is 1. The van der Waals surface area contributed by atoms with Crippen molar-refractivity contribution in [3.8, 4) is 0 Å². The molecule has 1 aromatic carbocycles. The Morgan fingerprint density at radius 3 is 2.75 bits per heavy atom. The number of carboxylic acids is 1. The van der Waals surface area contributed by atoms with Gasteiger partial charge in [-0.1, -0.05) is 25.1 Å². The lowest BCUT2D eigenvalue weighted by Gasteiger charge is -2.10. The first-order chi connectivity index (χ1) is 7.65. The molecule has 1 rings (SSSR count). The summed E-state index contributed by atoms with van der Waals surface area (Å²) in [7, 11) is 0. The zero-order chi connectivity index (χ0) is 12.0. The molecule has 0 heterocycles. The van der Waals surface area contributed by atoms with Crippen LogP contribution in [0.4, 0.5) is 0 Å². The minimum absolute atomic E-state index is 0.133. The highest BCUT2D eigenvalue weighted by Crippen LogP contribution is 2.08. The van der Waals surface area contributed by atoms with E-state index in [4.69, 9.17) is 10.2 Å². The fourth-order valence-electron chi connectivity index (χ4n) is 1.40. The quantitative estimate of drug-likeness (QED) is 0.675. The Kier molecular flexibility index (Phi) is 4.95. The number of rotatable bonds is 6. The number of carboxylic acid groups (broad SMARTS) is 1. The Morgan fingerprint density at radius 2 is 2.12 bits per heavy atom. The van der Waals surface area contributed by atoms with Crippen LogP contribution in [0.3, 0.4) is 0 Å². The number of aromatic carboxylic acids is 1. The van der Waals surface area contributed by atoms with Gasteiger partial charge in [0, 0.05) is 19.7 Å². The predicted octanol–water partition coefficient (Wildman–Crippen LogP) is 1.10. The summed E-state index contributed by atoms with van der Waals surface area (Å²) in [6.45, 7) is 3.24. The minimum atomic E-state index is -0.910. The van der Waals surface area contributed by atoms with Crippen molar-refractivity contribution >= 4 is 5.97 Å². The van der Waals surface area contributed by atoms with Gasteiger partial charge >= 0.3 is 5.97 Å². The van der Waals surface area contributed by atoms with Crippen LogP contribution >= 0.6 is 0 Å². The van der Waals surface area contributed by atoms with E-state index < -0.39 is 5.97 Å². The molecule has 0 spiro atoms. The first-order valence-corrected chi connectivity index (χ1v) is 5.28. The molecule has 0 saturated heterocycles. The number of benzene rings is 1. The van der Waals surface area contributed by atoms with Crippen molar-refractivity contribution < 1.29 is 15.0 Å². The molecule has 1 aromatic rings. The van der Waals surface area contributed by atoms with Crippen molar-refractivity contribution in [2.24, 2.45) is 5.92 Å². The second-order valence-corrected chi connectivity index (χ2v) is 3.88. The standard InChI is InChI=1S/C12H17NO3/c1-9(8-14)6-13-7-10-4-2-3-5-11(10)12(15)16/h2-5,9,13-14H,6-8H2,1H3,(H,15,16). The molecule has 0 saturated carbocycles. The predicted molar refractivity (Wildman–Crippen MR) is 61.4 cm³/mol. The third kappa shape index (κ3) is 3.64. The first kappa shape index (κ1) is 12.7. The maximum Gasteiger partial charge on any atom is 0.336 e. The van der Waals surface area contributed by atoms with Gasteiger partial charge in [0.25, 0.3) is 0 Å². The summed E-state index contributed by atoms with van der Waals surface area (Å²) in [6.07, 6.45) is 0. The van der Waals surface area contributed by atoms with Crippen LogP contribution in [0.1, 0.15) is 22.8 Å². The summed E-state index contributed by atoms with van der Waals surface area (Å²) >= 11 is 0. The van der Waals surface area contributed by atoms with Crippen LogP contribution in [0.5, 0.6) is 0 Å². The number of hydrogen-bond acceptors (Lipinski definition) is 3. The van der Waals surface area contributed by atoms with E-state index in [1.54, 1.807) is 18.2 Å². The largest absolute Gasteiger partial charge is 0.478 e. The summed E-state index contributed by atoms with van der Waals surface area (Å²) in [5, 5.41) is 20.9. The van der Waals surface area contributed by atoms with E-state index in [2.05, 4.69) is 5.32 Å². The van der Waals surface area contributed by atoms with Crippen LogP contribution in [0.25, 0.3) is 0 Å². The Labute approximate surface area is 94.9 Å². The van der Waals surface area contributed by atoms with Gasteiger partial charge in [0.2, 0.25) is 0 Å². The van der Waals surface area contributed by atoms with E-state index in [0.29, 0.717) is 18.7 Å². The monoisotopic (exact) mass is 223 g/mol. The molecular formula is C12H17NO3. The average molecular weight is 223 g/mol. The van der Waals surface area contributed by atoms with Crippen LogP contribution in [0.2, 0.25) is 0 Å². The molecule has 0 amide bonds. The van der Waals surface area contributed by atoms with Crippen molar-refractivity contribution in [3.05, 3.63) is 35.4 Å². The van der Waals surface area contributed by atoms with E-state index in [1.165, 1.54) is 0 Å². The van der Waals surface area contributed by atoms with Gasteiger partial charge in [0.15, 0.2) is 0 Å². The molecule has 88 valence electrons. The molecule has 0 aliphatic heterocycles. The van der Waals surface area contributed by atoms with Crippen molar-refractivity contribution in [1.29, 1.82) is 0 Å². The van der Waals surface area contributed by atoms with E-state index >= 15 is 0 Å². The molecule has 0 aliphatic rings. The second-order valence-electron chi connectivity index (χ2n) is 3.88. The molecule has 1 atom stereocenters. The summed E-state index contributed by atoms with van der Waals surface area (Å²) < 4.78 is 0. The highest BCUT2D eigenvalue weighted by Gasteiger charge is 2.08. The van der Waals surface area contributed by atoms with Crippen molar-refractivity contribution in [3.63, 3.8) is 0 Å². The summed E-state index contributed by atoms with van der Waals surface area (Å²) in [6, 6.07) is 6.91. The van der Waals surface area contributed by atoms with Gasteiger partial charge in [0.1, 0.15) is 0 Å². The third-order valence-corrected chi connectivity index (χ3v) is 2.37. The molecule has 0 aromatic heterocycles. The smallest absolute Gasteiger partial charge is 0.336 e. The summed E-state index contributed by atoms with van der Waals surface area (Å²) in [4.78, 5) is 10.9. The molecule has 4 nitrogen and oxygen atoms in total. The summed E-state index contributed by atoms with van der Waals surface area (Å²) in [5.41, 5.74) is 1.09. The Morgan fingerprint density at radius 1 is 1.44 bits per heavy atom. The molecule has 1 unspecified atom stereocenters. The molecule has 0 aliphatic carbocycles. The van der Waals surface area contributed by atoms with E-state index in [0.717, 1.165) is 5.56 Å². The average Bonchev–Trinajstić information content (AvgIpc) is 2.29. The topological polar surface area (TPSA) is 69.6 Å². The van der Waals surface area contributed by atoms with Gasteiger partial charge < -0.3 is 15.5 Å². The van der Waals surface area contributed by atoms with Crippen molar-refractivity contribution in [1.82, 2.24) is 5.32 Å². The van der Waals surface area contributed by atoms with Crippen molar-refractivity contribution in [2.75, 3.05) is 13.2 Å². The molecule has 3 N–H and O–H groups in total. The zero-order valence-electron chi connectivity index (χ0n) is 9.31. The Balaban J connectivity index is 2.56. The number of aliphatic hydroxyl groups is 1. The Bertz CT molecular complexity index is 352. The number of hydrogen-bond donors (Lipinski definition) is 3. The lowest BCUT2D eigenvalue weighted by Crippen LogP contribution is -2.23. The van der Waals surface area contributed by atoms with Crippen molar-refractivity contribution in [2.45, 2.75) is 13.5 Å². The highest BCUT2D eigenvalue weighted by molar-refractivity contribution is 5.89. The molecule has 0 fully saturated rings. The minimum Gasteiger partial charge on any atom is -0.478 e. The molecule has 0 radical (unpaired) electrons. The first-order valence-electron chi connectivity index (χ1n) is 5.28. The van der Waals surface area contributed by atoms with Crippen LogP contribution in [-0.2, 0) is 6.54 Å². The van der Waals surface area contributed by atoms with Crippen LogP contribution in [0.15, 0.2) is 24.3 Å². The fraction of sp³-hybridized carbons (Fsp3) is 0.417. The van der Waals surface area contributed by atoms with Gasteiger partial charge in [-0.25, -0.2) is 4.79 Å². The molecule has 16 heavy (non-hydrogen) atoms. The van der Waals surface area contributed by atoms with Crippen LogP contribution < -0.4 is 5.32 Å². The second kappa shape index (κ2) is 6.25. The van der Waals surface area contributed by atoms with E-state index in [-0.39, 0.29) is 12.5 Å². The van der Waals surface area contributed by atoms with E-state index in [1.807, 2.05) is 13.0 Å². The lowest BCUT2D eigenvalue weighted by atomic mass is 10.1. The van der Waals surface area contributed by atoms with Crippen LogP contribution in [-0.4, -0.2) is 29.3 Å². The van der Waals surface area contributed by atoms with Gasteiger partial charge in [-0.2, -0.15) is 0 Å². The Hall–Kier alpha value is -1.39. The zero-order valence-corrected chi connectivity index (χ0v) is 9.31. The molecular weight excluding hydrogens is 206 g/mol. The SMILES string of the molecule is CC(CO)CNCc1ccccc1C(=O)O. The maximum atomic E-state index is 10.9. The van der Waals surface area contributed by atoms with Crippen LogP contribution in [0, 0.1) is 5.92 Å². The summed E-state index contributed by atoms with van der Waals surface area (Å²) in [5.74, 6) is -0.732. The van der Waals surface area contributed by atoms with Gasteiger partial charge in [-0.3, -0.25) is 0 Å². The van der Waals surface area contributed by atoms with Gasteiger partial charge in [0.05, 0.1) is 5.56 Å². The number of aliphatic hydroxyl groups excluding tert-OH is 1. The van der Waals surface area contributed by atoms with E-state index in [9.17, 15) is 4.79 Å². The van der Waals surface area contributed by atoms with Gasteiger partial charge in [-0.15, -0.1) is 0 Å². The van der Waals surface area contributed by atoms with Gasteiger partial charge in [-0.05, 0) is 17.5 Å². The highest BCUT2D eigenvalue weighted by atomic mass is 16.4. The third-order valence-electron chi connectivity index (χ3n) is 2.37. The normalized spacial score (nSPS) is 12.4. The number of nitrogens with one attached hydrogen (secondary N) is 1. The molecule has 0 bridgehead atoms. The lowest BCUT2D eigenvalue weighted by molar-refractivity contribution is 0.0695.